The number of nitrogens with one attached hydrogen (secondary N) is 2. The van der Waals surface area contributed by atoms with Crippen LogP contribution in [-0.4, -0.2) is 48.1 Å². The lowest BCUT2D eigenvalue weighted by Gasteiger charge is -2.36. The molecule has 0 aromatic heterocycles. The van der Waals surface area contributed by atoms with E-state index in [1.165, 1.54) is 0 Å². The molecule has 2 aromatic rings. The topological polar surface area (TPSA) is 61.4 Å². The van der Waals surface area contributed by atoms with Crippen LogP contribution in [0.25, 0.3) is 0 Å². The van der Waals surface area contributed by atoms with Crippen molar-refractivity contribution in [2.75, 3.05) is 25.0 Å². The molecule has 0 radical (unpaired) electrons. The molecule has 1 saturated carbocycles. The van der Waals surface area contributed by atoms with Crippen molar-refractivity contribution in [3.05, 3.63) is 65.7 Å². The van der Waals surface area contributed by atoms with Crippen LogP contribution in [0.15, 0.2) is 54.6 Å². The standard InChI is InChI=1S/C25H28FN3O2/c26-25(15-27-14-18(25)12-17-6-2-1-3-7-17)16-29(19-10-11-19)24(31)21-13-23(30)28-22-9-5-4-8-20(21)22/h1-9,18-19,21,27H,10-16H2,(H,28,30)/t18-,21?,25-/m1/s1. The number of amides is 2. The zero-order valence-corrected chi connectivity index (χ0v) is 17.5. The Morgan fingerprint density at radius 1 is 1.10 bits per heavy atom. The zero-order valence-electron chi connectivity index (χ0n) is 17.5. The predicted octanol–water partition coefficient (Wildman–Crippen LogP) is 3.27. The summed E-state index contributed by atoms with van der Waals surface area (Å²) in [5, 5.41) is 6.06. The zero-order chi connectivity index (χ0) is 21.4. The van der Waals surface area contributed by atoms with Crippen LogP contribution in [0, 0.1) is 5.92 Å². The molecular weight excluding hydrogens is 393 g/mol. The van der Waals surface area contributed by atoms with Crippen molar-refractivity contribution < 1.29 is 14.0 Å². The molecule has 3 atom stereocenters. The van der Waals surface area contributed by atoms with E-state index >= 15 is 4.39 Å². The van der Waals surface area contributed by atoms with Gasteiger partial charge in [0.25, 0.3) is 0 Å². The van der Waals surface area contributed by atoms with E-state index in [0.29, 0.717) is 18.7 Å². The highest BCUT2D eigenvalue weighted by atomic mass is 19.1. The molecule has 1 unspecified atom stereocenters. The third kappa shape index (κ3) is 4.09. The van der Waals surface area contributed by atoms with Gasteiger partial charge in [0, 0.05) is 37.2 Å². The second-order valence-electron chi connectivity index (χ2n) is 9.14. The van der Waals surface area contributed by atoms with Crippen LogP contribution in [0.1, 0.15) is 36.3 Å². The maximum Gasteiger partial charge on any atom is 0.231 e. The van der Waals surface area contributed by atoms with Gasteiger partial charge in [0.2, 0.25) is 11.8 Å². The van der Waals surface area contributed by atoms with Crippen molar-refractivity contribution in [2.24, 2.45) is 5.92 Å². The van der Waals surface area contributed by atoms with E-state index in [-0.39, 0.29) is 43.3 Å². The first-order valence-electron chi connectivity index (χ1n) is 11.2. The number of halogens is 1. The third-order valence-corrected chi connectivity index (χ3v) is 6.87. The van der Waals surface area contributed by atoms with Gasteiger partial charge in [-0.15, -0.1) is 0 Å². The molecule has 1 aliphatic carbocycles. The van der Waals surface area contributed by atoms with Gasteiger partial charge in [-0.3, -0.25) is 9.59 Å². The number of carbonyl (C=O) groups is 2. The minimum absolute atomic E-state index is 0.0789. The fraction of sp³-hybridized carbons (Fsp3) is 0.440. The molecule has 162 valence electrons. The molecule has 2 fully saturated rings. The van der Waals surface area contributed by atoms with Crippen molar-refractivity contribution in [2.45, 2.75) is 43.3 Å². The van der Waals surface area contributed by atoms with Crippen molar-refractivity contribution >= 4 is 17.5 Å². The summed E-state index contributed by atoms with van der Waals surface area (Å²) in [4.78, 5) is 27.6. The van der Waals surface area contributed by atoms with E-state index in [4.69, 9.17) is 0 Å². The number of hydrogen-bond donors (Lipinski definition) is 2. The molecule has 3 aliphatic rings. The van der Waals surface area contributed by atoms with Crippen LogP contribution in [0.5, 0.6) is 0 Å². The highest BCUT2D eigenvalue weighted by Gasteiger charge is 2.49. The minimum Gasteiger partial charge on any atom is -0.336 e. The lowest BCUT2D eigenvalue weighted by molar-refractivity contribution is -0.137. The number of para-hydroxylation sites is 1. The van der Waals surface area contributed by atoms with Crippen LogP contribution in [-0.2, 0) is 16.0 Å². The van der Waals surface area contributed by atoms with Crippen molar-refractivity contribution in [1.82, 2.24) is 10.2 Å². The monoisotopic (exact) mass is 421 g/mol. The molecule has 1 saturated heterocycles. The van der Waals surface area contributed by atoms with Crippen LogP contribution in [0.3, 0.4) is 0 Å². The minimum atomic E-state index is -1.48. The highest BCUT2D eigenvalue weighted by molar-refractivity contribution is 6.01. The molecule has 6 heteroatoms. The van der Waals surface area contributed by atoms with Gasteiger partial charge in [-0.05, 0) is 36.5 Å². The summed E-state index contributed by atoms with van der Waals surface area (Å²) in [5.41, 5.74) is 1.15. The average Bonchev–Trinajstić information content (AvgIpc) is 3.56. The quantitative estimate of drug-likeness (QED) is 0.753. The van der Waals surface area contributed by atoms with Crippen LogP contribution in [0.4, 0.5) is 10.1 Å². The van der Waals surface area contributed by atoms with Gasteiger partial charge in [0.1, 0.15) is 5.67 Å². The molecule has 2 amide bonds. The summed E-state index contributed by atoms with van der Waals surface area (Å²) in [7, 11) is 0. The predicted molar refractivity (Wildman–Crippen MR) is 118 cm³/mol. The van der Waals surface area contributed by atoms with Gasteiger partial charge in [0.05, 0.1) is 12.5 Å². The fourth-order valence-electron chi connectivity index (χ4n) is 5.01. The lowest BCUT2D eigenvalue weighted by atomic mass is 9.85. The van der Waals surface area contributed by atoms with Crippen LogP contribution < -0.4 is 10.6 Å². The Morgan fingerprint density at radius 3 is 2.61 bits per heavy atom. The molecule has 2 aromatic carbocycles. The number of hydrogen-bond acceptors (Lipinski definition) is 3. The summed E-state index contributed by atoms with van der Waals surface area (Å²) in [6.45, 7) is 0.941. The Balaban J connectivity index is 1.38. The number of carbonyl (C=O) groups excluding carboxylic acids is 2. The number of alkyl halides is 1. The largest absolute Gasteiger partial charge is 0.336 e. The van der Waals surface area contributed by atoms with E-state index < -0.39 is 11.6 Å². The second-order valence-corrected chi connectivity index (χ2v) is 9.14. The molecule has 2 heterocycles. The Bertz CT molecular complexity index is 978. The summed E-state index contributed by atoms with van der Waals surface area (Å²) in [6.07, 6.45) is 2.56. The molecule has 5 rings (SSSR count). The lowest BCUT2D eigenvalue weighted by Crippen LogP contribution is -2.50. The van der Waals surface area contributed by atoms with Crippen molar-refractivity contribution in [1.29, 1.82) is 0 Å². The number of fused-ring (bicyclic) bond motifs is 1. The van der Waals surface area contributed by atoms with Crippen LogP contribution >= 0.6 is 0 Å². The Hall–Kier alpha value is -2.73. The first-order valence-corrected chi connectivity index (χ1v) is 11.2. The molecule has 2 N–H and O–H groups in total. The van der Waals surface area contributed by atoms with E-state index in [1.807, 2.05) is 54.6 Å². The summed E-state index contributed by atoms with van der Waals surface area (Å²) in [5.74, 6) is -1.01. The van der Waals surface area contributed by atoms with E-state index in [9.17, 15) is 9.59 Å². The van der Waals surface area contributed by atoms with Gasteiger partial charge in [-0.2, -0.15) is 0 Å². The Kier molecular flexibility index (Phi) is 5.26. The first-order chi connectivity index (χ1) is 15.0. The summed E-state index contributed by atoms with van der Waals surface area (Å²) in [6, 6.07) is 17.5. The molecular formula is C25H28FN3O2. The smallest absolute Gasteiger partial charge is 0.231 e. The normalized spacial score (nSPS) is 27.5. The molecule has 0 spiro atoms. The SMILES string of the molecule is O=C1CC(C(=O)N(C[C@]2(F)CNC[C@H]2Cc2ccccc2)C2CC2)c2ccccc2N1. The second kappa shape index (κ2) is 8.08. The van der Waals surface area contributed by atoms with Crippen LogP contribution in [0.2, 0.25) is 0 Å². The van der Waals surface area contributed by atoms with Gasteiger partial charge >= 0.3 is 0 Å². The van der Waals surface area contributed by atoms with E-state index in [1.54, 1.807) is 4.90 Å². The number of benzene rings is 2. The van der Waals surface area contributed by atoms with Crippen molar-refractivity contribution in [3.8, 4) is 0 Å². The summed E-state index contributed by atoms with van der Waals surface area (Å²) >= 11 is 0. The highest BCUT2D eigenvalue weighted by Crippen LogP contribution is 2.39. The number of rotatable bonds is 6. The average molecular weight is 422 g/mol. The maximum absolute atomic E-state index is 16.3. The maximum atomic E-state index is 16.3. The number of nitrogens with zero attached hydrogens (tertiary/aromatic N) is 1. The van der Waals surface area contributed by atoms with Gasteiger partial charge in [-0.1, -0.05) is 48.5 Å². The molecule has 2 aliphatic heterocycles. The van der Waals surface area contributed by atoms with Crippen molar-refractivity contribution in [3.63, 3.8) is 0 Å². The Labute approximate surface area is 182 Å². The molecule has 0 bridgehead atoms. The number of anilines is 1. The van der Waals surface area contributed by atoms with Gasteiger partial charge < -0.3 is 15.5 Å². The third-order valence-electron chi connectivity index (χ3n) is 6.87. The molecule has 5 nitrogen and oxygen atoms in total. The molecule has 31 heavy (non-hydrogen) atoms. The fourth-order valence-corrected chi connectivity index (χ4v) is 5.01. The first kappa shape index (κ1) is 20.2. The Morgan fingerprint density at radius 2 is 1.84 bits per heavy atom. The van der Waals surface area contributed by atoms with E-state index in [0.717, 1.165) is 24.0 Å². The van der Waals surface area contributed by atoms with E-state index in [2.05, 4.69) is 10.6 Å². The van der Waals surface area contributed by atoms with Gasteiger partial charge in [-0.25, -0.2) is 4.39 Å². The summed E-state index contributed by atoms with van der Waals surface area (Å²) < 4.78 is 16.3. The van der Waals surface area contributed by atoms with Gasteiger partial charge in [0.15, 0.2) is 0 Å².